The van der Waals surface area contributed by atoms with Gasteiger partial charge in [-0.25, -0.2) is 8.78 Å². The van der Waals surface area contributed by atoms with Crippen LogP contribution in [0.15, 0.2) is 12.1 Å². The van der Waals surface area contributed by atoms with E-state index in [0.29, 0.717) is 0 Å². The van der Waals surface area contributed by atoms with Gasteiger partial charge in [-0.05, 0) is 20.0 Å². The summed E-state index contributed by atoms with van der Waals surface area (Å²) in [6.07, 6.45) is 0. The number of benzene rings is 1. The van der Waals surface area contributed by atoms with E-state index in [1.165, 1.54) is 6.07 Å². The first-order valence-corrected chi connectivity index (χ1v) is 5.60. The van der Waals surface area contributed by atoms with Crippen LogP contribution in [0.5, 0.6) is 0 Å². The molecule has 0 saturated carbocycles. The zero-order chi connectivity index (χ0) is 14.6. The Bertz CT molecular complexity index is 506. The van der Waals surface area contributed by atoms with Crippen molar-refractivity contribution < 1.29 is 18.4 Å². The molecule has 1 rings (SSSR count). The highest BCUT2D eigenvalue weighted by atomic mass is 19.2. The molecule has 0 aliphatic rings. The van der Waals surface area contributed by atoms with Gasteiger partial charge in [0.2, 0.25) is 5.91 Å². The van der Waals surface area contributed by atoms with Gasteiger partial charge in [-0.1, -0.05) is 6.07 Å². The Balaban J connectivity index is 2.84. The molecule has 0 unspecified atom stereocenters. The number of nitrogens with one attached hydrogen (secondary N) is 2. The molecule has 0 aliphatic carbocycles. The van der Waals surface area contributed by atoms with Crippen molar-refractivity contribution in [1.82, 2.24) is 10.6 Å². The highest BCUT2D eigenvalue weighted by Crippen LogP contribution is 2.16. The van der Waals surface area contributed by atoms with Crippen molar-refractivity contribution in [2.45, 2.75) is 19.5 Å². The summed E-state index contributed by atoms with van der Waals surface area (Å²) < 4.78 is 27.1. The number of primary amides is 1. The van der Waals surface area contributed by atoms with Gasteiger partial charge in [0.1, 0.15) is 0 Å². The first-order chi connectivity index (χ1) is 8.88. The molecular formula is C12H15F2N3O2. The first-order valence-electron chi connectivity index (χ1n) is 5.60. The minimum Gasteiger partial charge on any atom is -0.366 e. The van der Waals surface area contributed by atoms with Crippen LogP contribution in [0.4, 0.5) is 8.78 Å². The largest absolute Gasteiger partial charge is 0.366 e. The van der Waals surface area contributed by atoms with Crippen molar-refractivity contribution >= 4 is 11.8 Å². The summed E-state index contributed by atoms with van der Waals surface area (Å²) in [5.41, 5.74) is 4.32. The summed E-state index contributed by atoms with van der Waals surface area (Å²) >= 11 is 0. The number of likely N-dealkylation sites (N-methyl/N-ethyl adjacent to an activating group) is 1. The summed E-state index contributed by atoms with van der Waals surface area (Å²) in [6, 6.07) is 1.85. The zero-order valence-corrected chi connectivity index (χ0v) is 10.6. The van der Waals surface area contributed by atoms with Crippen molar-refractivity contribution in [3.63, 3.8) is 0 Å². The smallest absolute Gasteiger partial charge is 0.251 e. The van der Waals surface area contributed by atoms with Crippen LogP contribution >= 0.6 is 0 Å². The van der Waals surface area contributed by atoms with Gasteiger partial charge in [0.05, 0.1) is 11.6 Å². The van der Waals surface area contributed by atoms with Crippen LogP contribution in [0, 0.1) is 11.6 Å². The Labute approximate surface area is 109 Å². The summed E-state index contributed by atoms with van der Waals surface area (Å²) in [5.74, 6) is -3.88. The van der Waals surface area contributed by atoms with Crippen LogP contribution in [-0.4, -0.2) is 24.9 Å². The van der Waals surface area contributed by atoms with Crippen LogP contribution < -0.4 is 16.4 Å². The molecule has 19 heavy (non-hydrogen) atoms. The molecule has 5 nitrogen and oxygen atoms in total. The minimum absolute atomic E-state index is 0.0563. The third-order valence-corrected chi connectivity index (χ3v) is 2.71. The summed E-state index contributed by atoms with van der Waals surface area (Å²) in [5, 5.41) is 5.15. The molecular weight excluding hydrogens is 256 g/mol. The van der Waals surface area contributed by atoms with E-state index in [4.69, 9.17) is 5.73 Å². The SMILES string of the molecule is CN[C@H](C)C(=O)NCc1ccc(C(N)=O)c(F)c1F. The molecule has 7 heteroatoms. The van der Waals surface area contributed by atoms with Crippen molar-refractivity contribution in [1.29, 1.82) is 0 Å². The topological polar surface area (TPSA) is 84.2 Å². The fourth-order valence-electron chi connectivity index (χ4n) is 1.38. The normalized spacial score (nSPS) is 12.0. The number of hydrogen-bond acceptors (Lipinski definition) is 3. The Morgan fingerprint density at radius 3 is 2.47 bits per heavy atom. The van der Waals surface area contributed by atoms with Gasteiger partial charge in [0, 0.05) is 12.1 Å². The molecule has 0 saturated heterocycles. The second kappa shape index (κ2) is 6.24. The van der Waals surface area contributed by atoms with Gasteiger partial charge in [-0.3, -0.25) is 9.59 Å². The Morgan fingerprint density at radius 1 is 1.32 bits per heavy atom. The number of hydrogen-bond donors (Lipinski definition) is 3. The number of carbonyl (C=O) groups excluding carboxylic acids is 2. The molecule has 0 heterocycles. The van der Waals surface area contributed by atoms with E-state index in [9.17, 15) is 18.4 Å². The van der Waals surface area contributed by atoms with Crippen LogP contribution in [0.3, 0.4) is 0 Å². The van der Waals surface area contributed by atoms with Crippen molar-refractivity contribution in [3.8, 4) is 0 Å². The molecule has 1 aromatic rings. The third kappa shape index (κ3) is 3.47. The Kier molecular flexibility index (Phi) is 4.94. The van der Waals surface area contributed by atoms with Crippen LogP contribution in [0.25, 0.3) is 0 Å². The zero-order valence-electron chi connectivity index (χ0n) is 10.6. The molecule has 0 aromatic heterocycles. The predicted octanol–water partition coefficient (Wildman–Crippen LogP) is 0.288. The predicted molar refractivity (Wildman–Crippen MR) is 65.2 cm³/mol. The fourth-order valence-corrected chi connectivity index (χ4v) is 1.38. The lowest BCUT2D eigenvalue weighted by atomic mass is 10.1. The maximum Gasteiger partial charge on any atom is 0.251 e. The second-order valence-electron chi connectivity index (χ2n) is 3.99. The maximum atomic E-state index is 13.6. The van der Waals surface area contributed by atoms with Crippen LogP contribution in [-0.2, 0) is 11.3 Å². The van der Waals surface area contributed by atoms with E-state index in [2.05, 4.69) is 10.6 Å². The van der Waals surface area contributed by atoms with Gasteiger partial charge in [-0.2, -0.15) is 0 Å². The molecule has 0 fully saturated rings. The monoisotopic (exact) mass is 271 g/mol. The van der Waals surface area contributed by atoms with E-state index in [0.717, 1.165) is 6.07 Å². The van der Waals surface area contributed by atoms with Gasteiger partial charge in [0.15, 0.2) is 11.6 Å². The summed E-state index contributed by atoms with van der Waals surface area (Å²) in [7, 11) is 1.60. The molecule has 1 atom stereocenters. The number of amides is 2. The number of rotatable bonds is 5. The molecule has 2 amide bonds. The standard InChI is InChI=1S/C12H15F2N3O2/c1-6(16-2)12(19)17-5-7-3-4-8(11(15)18)10(14)9(7)13/h3-4,6,16H,5H2,1-2H3,(H2,15,18)(H,17,19)/t6-/m1/s1. The average Bonchev–Trinajstić information content (AvgIpc) is 2.38. The summed E-state index contributed by atoms with van der Waals surface area (Å²) in [6.45, 7) is 1.45. The lowest BCUT2D eigenvalue weighted by Crippen LogP contribution is -2.40. The second-order valence-corrected chi connectivity index (χ2v) is 3.99. The number of carbonyl (C=O) groups is 2. The Hall–Kier alpha value is -2.02. The van der Waals surface area contributed by atoms with Gasteiger partial charge in [0.25, 0.3) is 5.91 Å². The van der Waals surface area contributed by atoms with Crippen molar-refractivity contribution in [3.05, 3.63) is 34.9 Å². The van der Waals surface area contributed by atoms with E-state index in [1.807, 2.05) is 0 Å². The number of halogens is 2. The lowest BCUT2D eigenvalue weighted by Gasteiger charge is -2.12. The van der Waals surface area contributed by atoms with Crippen LogP contribution in [0.2, 0.25) is 0 Å². The molecule has 0 radical (unpaired) electrons. The molecule has 1 aromatic carbocycles. The summed E-state index contributed by atoms with van der Waals surface area (Å²) in [4.78, 5) is 22.3. The quantitative estimate of drug-likeness (QED) is 0.719. The highest BCUT2D eigenvalue weighted by Gasteiger charge is 2.17. The van der Waals surface area contributed by atoms with Crippen molar-refractivity contribution in [2.75, 3.05) is 7.05 Å². The van der Waals surface area contributed by atoms with Crippen LogP contribution in [0.1, 0.15) is 22.8 Å². The molecule has 0 bridgehead atoms. The van der Waals surface area contributed by atoms with E-state index >= 15 is 0 Å². The molecule has 0 spiro atoms. The van der Waals surface area contributed by atoms with Gasteiger partial charge < -0.3 is 16.4 Å². The van der Waals surface area contributed by atoms with Gasteiger partial charge >= 0.3 is 0 Å². The average molecular weight is 271 g/mol. The van der Waals surface area contributed by atoms with E-state index in [1.54, 1.807) is 14.0 Å². The number of nitrogens with two attached hydrogens (primary N) is 1. The first kappa shape index (κ1) is 15.0. The molecule has 4 N–H and O–H groups in total. The maximum absolute atomic E-state index is 13.6. The lowest BCUT2D eigenvalue weighted by molar-refractivity contribution is -0.122. The third-order valence-electron chi connectivity index (χ3n) is 2.71. The molecule has 0 aliphatic heterocycles. The highest BCUT2D eigenvalue weighted by molar-refractivity contribution is 5.93. The van der Waals surface area contributed by atoms with Gasteiger partial charge in [-0.15, -0.1) is 0 Å². The fraction of sp³-hybridized carbons (Fsp3) is 0.333. The van der Waals surface area contributed by atoms with E-state index in [-0.39, 0.29) is 18.0 Å². The minimum atomic E-state index is -1.30. The molecule has 104 valence electrons. The van der Waals surface area contributed by atoms with Crippen molar-refractivity contribution in [2.24, 2.45) is 5.73 Å². The van der Waals surface area contributed by atoms with E-state index < -0.39 is 29.1 Å². The Morgan fingerprint density at radius 2 is 1.95 bits per heavy atom.